The minimum Gasteiger partial charge on any atom is -0.372 e. The molecule has 1 atom stereocenters. The highest BCUT2D eigenvalue weighted by atomic mass is 16.5. The van der Waals surface area contributed by atoms with Crippen LogP contribution in [0.15, 0.2) is 104 Å². The van der Waals surface area contributed by atoms with Gasteiger partial charge in [0.25, 0.3) is 0 Å². The first-order valence-electron chi connectivity index (χ1n) is 16.4. The lowest BCUT2D eigenvalue weighted by molar-refractivity contribution is -0.0489. The minimum atomic E-state index is -0.733. The van der Waals surface area contributed by atoms with Gasteiger partial charge in [0.05, 0.1) is 12.7 Å². The van der Waals surface area contributed by atoms with Crippen molar-refractivity contribution in [3.05, 3.63) is 120 Å². The summed E-state index contributed by atoms with van der Waals surface area (Å²) in [7, 11) is 0. The van der Waals surface area contributed by atoms with E-state index in [0.29, 0.717) is 6.61 Å². The molecule has 1 unspecified atom stereocenters. The monoisotopic (exact) mass is 554 g/mol. The molecule has 0 heterocycles. The molecule has 0 aliphatic carbocycles. The van der Waals surface area contributed by atoms with E-state index in [2.05, 4.69) is 104 Å². The molecule has 0 radical (unpaired) electrons. The lowest BCUT2D eigenvalue weighted by atomic mass is 9.80. The zero-order valence-electron chi connectivity index (χ0n) is 25.7. The third kappa shape index (κ3) is 11.3. The number of unbranched alkanes of at least 4 members (excludes halogenated alkanes) is 13. The normalized spacial score (nSPS) is 12.3. The van der Waals surface area contributed by atoms with Gasteiger partial charge in [0.1, 0.15) is 5.60 Å². The van der Waals surface area contributed by atoms with Gasteiger partial charge < -0.3 is 9.47 Å². The Hall–Kier alpha value is -2.68. The second kappa shape index (κ2) is 20.2. The Kier molecular flexibility index (Phi) is 16.2. The first-order valence-corrected chi connectivity index (χ1v) is 16.4. The molecule has 3 aromatic carbocycles. The van der Waals surface area contributed by atoms with Gasteiger partial charge in [0, 0.05) is 6.61 Å². The zero-order valence-corrected chi connectivity index (χ0v) is 25.7. The van der Waals surface area contributed by atoms with Crippen LogP contribution in [0.25, 0.3) is 0 Å². The summed E-state index contributed by atoms with van der Waals surface area (Å²) >= 11 is 0. The summed E-state index contributed by atoms with van der Waals surface area (Å²) in [6.07, 6.45) is 20.8. The Morgan fingerprint density at radius 3 is 1.29 bits per heavy atom. The average Bonchev–Trinajstić information content (AvgIpc) is 3.03. The molecular formula is C39H54O2. The van der Waals surface area contributed by atoms with Crippen molar-refractivity contribution in [2.45, 2.75) is 109 Å². The maximum absolute atomic E-state index is 6.92. The summed E-state index contributed by atoms with van der Waals surface area (Å²) < 4.78 is 13.2. The van der Waals surface area contributed by atoms with Crippen molar-refractivity contribution < 1.29 is 9.47 Å². The van der Waals surface area contributed by atoms with Crippen molar-refractivity contribution in [3.8, 4) is 0 Å². The molecule has 3 rings (SSSR count). The third-order valence-corrected chi connectivity index (χ3v) is 8.10. The van der Waals surface area contributed by atoms with Gasteiger partial charge in [-0.15, -0.1) is 6.58 Å². The van der Waals surface area contributed by atoms with Gasteiger partial charge in [-0.25, -0.2) is 0 Å². The smallest absolute Gasteiger partial charge is 0.143 e. The first kappa shape index (κ1) is 32.8. The zero-order chi connectivity index (χ0) is 28.9. The molecule has 3 aromatic rings. The fraction of sp³-hybridized carbons (Fsp3) is 0.487. The Labute approximate surface area is 251 Å². The van der Waals surface area contributed by atoms with Crippen molar-refractivity contribution in [2.24, 2.45) is 0 Å². The molecule has 41 heavy (non-hydrogen) atoms. The molecule has 0 saturated heterocycles. The van der Waals surface area contributed by atoms with Crippen LogP contribution >= 0.6 is 0 Å². The van der Waals surface area contributed by atoms with E-state index in [1.165, 1.54) is 83.5 Å². The molecule has 0 aliphatic rings. The fourth-order valence-electron chi connectivity index (χ4n) is 5.69. The van der Waals surface area contributed by atoms with Crippen molar-refractivity contribution in [1.82, 2.24) is 0 Å². The molecule has 2 heteroatoms. The molecule has 0 aromatic heterocycles. The SMILES string of the molecule is C=CC(COC(c1ccccc1)(c1ccccc1)c1ccccc1)OCCCCCCCCCCCCCCCC. The lowest BCUT2D eigenvalue weighted by Crippen LogP contribution is -2.36. The third-order valence-electron chi connectivity index (χ3n) is 8.10. The van der Waals surface area contributed by atoms with E-state index in [1.807, 2.05) is 6.08 Å². The van der Waals surface area contributed by atoms with Crippen LogP contribution in [-0.4, -0.2) is 19.3 Å². The van der Waals surface area contributed by atoms with E-state index >= 15 is 0 Å². The number of ether oxygens (including phenoxy) is 2. The minimum absolute atomic E-state index is 0.160. The number of rotatable bonds is 23. The lowest BCUT2D eigenvalue weighted by Gasteiger charge is -2.36. The Bertz CT molecular complexity index is 934. The summed E-state index contributed by atoms with van der Waals surface area (Å²) in [5, 5.41) is 0. The molecule has 0 bridgehead atoms. The van der Waals surface area contributed by atoms with Gasteiger partial charge >= 0.3 is 0 Å². The molecule has 0 amide bonds. The highest BCUT2D eigenvalue weighted by molar-refractivity contribution is 5.47. The molecule has 0 N–H and O–H groups in total. The highest BCUT2D eigenvalue weighted by Gasteiger charge is 2.38. The van der Waals surface area contributed by atoms with E-state index in [9.17, 15) is 0 Å². The summed E-state index contributed by atoms with van der Waals surface area (Å²) in [5.74, 6) is 0. The van der Waals surface area contributed by atoms with E-state index in [0.717, 1.165) is 29.7 Å². The van der Waals surface area contributed by atoms with Gasteiger partial charge in [0.2, 0.25) is 0 Å². The summed E-state index contributed by atoms with van der Waals surface area (Å²) in [6, 6.07) is 31.5. The second-order valence-electron chi connectivity index (χ2n) is 11.3. The van der Waals surface area contributed by atoms with Gasteiger partial charge in [-0.2, -0.15) is 0 Å². The van der Waals surface area contributed by atoms with Gasteiger partial charge in [-0.1, -0.05) is 187 Å². The first-order chi connectivity index (χ1) is 20.3. The molecule has 0 fully saturated rings. The van der Waals surface area contributed by atoms with Gasteiger partial charge in [-0.3, -0.25) is 0 Å². The predicted octanol–water partition coefficient (Wildman–Crippen LogP) is 11.0. The molecule has 0 saturated carbocycles. The van der Waals surface area contributed by atoms with E-state index in [-0.39, 0.29) is 6.10 Å². The Morgan fingerprint density at radius 1 is 0.561 bits per heavy atom. The predicted molar refractivity (Wildman–Crippen MR) is 175 cm³/mol. The van der Waals surface area contributed by atoms with Crippen molar-refractivity contribution in [3.63, 3.8) is 0 Å². The quantitative estimate of drug-likeness (QED) is 0.0659. The standard InChI is InChI=1S/C39H54O2/c1-3-5-6-7-8-9-10-11-12-13-14-15-16-26-33-40-38(4-2)34-41-39(35-27-20-17-21-28-35,36-29-22-18-23-30-36)37-31-24-19-25-32-37/h4,17-25,27-32,38H,2-3,5-16,26,33-34H2,1H3. The van der Waals surface area contributed by atoms with Crippen LogP contribution < -0.4 is 0 Å². The van der Waals surface area contributed by atoms with E-state index in [4.69, 9.17) is 9.47 Å². The van der Waals surface area contributed by atoms with E-state index < -0.39 is 5.60 Å². The maximum Gasteiger partial charge on any atom is 0.143 e. The molecular weight excluding hydrogens is 500 g/mol. The number of benzene rings is 3. The summed E-state index contributed by atoms with van der Waals surface area (Å²) in [4.78, 5) is 0. The number of hydrogen-bond acceptors (Lipinski definition) is 2. The largest absolute Gasteiger partial charge is 0.372 e. The van der Waals surface area contributed by atoms with Crippen LogP contribution in [0, 0.1) is 0 Å². The second-order valence-corrected chi connectivity index (χ2v) is 11.3. The summed E-state index contributed by atoms with van der Waals surface area (Å²) in [6.45, 7) is 7.53. The van der Waals surface area contributed by atoms with Crippen LogP contribution in [0.1, 0.15) is 114 Å². The van der Waals surface area contributed by atoms with Crippen LogP contribution in [-0.2, 0) is 15.1 Å². The molecule has 0 spiro atoms. The molecule has 0 aliphatic heterocycles. The number of hydrogen-bond donors (Lipinski definition) is 0. The van der Waals surface area contributed by atoms with Crippen LogP contribution in [0.3, 0.4) is 0 Å². The van der Waals surface area contributed by atoms with Crippen molar-refractivity contribution >= 4 is 0 Å². The van der Waals surface area contributed by atoms with Crippen LogP contribution in [0.4, 0.5) is 0 Å². The Balaban J connectivity index is 1.43. The molecule has 2 nitrogen and oxygen atoms in total. The van der Waals surface area contributed by atoms with Crippen LogP contribution in [0.5, 0.6) is 0 Å². The molecule has 222 valence electrons. The average molecular weight is 555 g/mol. The fourth-order valence-corrected chi connectivity index (χ4v) is 5.69. The van der Waals surface area contributed by atoms with Crippen LogP contribution in [0.2, 0.25) is 0 Å². The van der Waals surface area contributed by atoms with Crippen molar-refractivity contribution in [2.75, 3.05) is 13.2 Å². The van der Waals surface area contributed by atoms with Crippen molar-refractivity contribution in [1.29, 1.82) is 0 Å². The van der Waals surface area contributed by atoms with Gasteiger partial charge in [0.15, 0.2) is 0 Å². The maximum atomic E-state index is 6.92. The Morgan fingerprint density at radius 2 is 0.927 bits per heavy atom. The summed E-state index contributed by atoms with van der Waals surface area (Å²) in [5.41, 5.74) is 2.58. The van der Waals surface area contributed by atoms with Gasteiger partial charge in [-0.05, 0) is 23.1 Å². The van der Waals surface area contributed by atoms with E-state index in [1.54, 1.807) is 0 Å². The topological polar surface area (TPSA) is 18.5 Å². The highest BCUT2D eigenvalue weighted by Crippen LogP contribution is 2.40.